The lowest BCUT2D eigenvalue weighted by Gasteiger charge is -2.18. The zero-order valence-corrected chi connectivity index (χ0v) is 8.51. The van der Waals surface area contributed by atoms with E-state index in [4.69, 9.17) is 0 Å². The van der Waals surface area contributed by atoms with Crippen LogP contribution in [0.1, 0.15) is 5.56 Å². The molecule has 0 radical (unpaired) electrons. The third-order valence-electron chi connectivity index (χ3n) is 1.84. The molecule has 0 amide bonds. The van der Waals surface area contributed by atoms with E-state index in [0.29, 0.717) is 5.56 Å². The fourth-order valence-corrected chi connectivity index (χ4v) is 1.13. The van der Waals surface area contributed by atoms with Crippen molar-refractivity contribution >= 4 is 0 Å². The second-order valence-corrected chi connectivity index (χ2v) is 3.10. The molecular formula is C10H11F4NO. The van der Waals surface area contributed by atoms with E-state index in [1.807, 2.05) is 0 Å². The van der Waals surface area contributed by atoms with Gasteiger partial charge in [0.15, 0.2) is 0 Å². The van der Waals surface area contributed by atoms with Gasteiger partial charge in [-0.2, -0.15) is 17.6 Å². The van der Waals surface area contributed by atoms with Crippen LogP contribution < -0.4 is 10.1 Å². The van der Waals surface area contributed by atoms with Crippen LogP contribution in [0.2, 0.25) is 0 Å². The summed E-state index contributed by atoms with van der Waals surface area (Å²) in [4.78, 5) is 0. The Bertz CT molecular complexity index is 343. The van der Waals surface area contributed by atoms with E-state index in [-0.39, 0.29) is 12.3 Å². The van der Waals surface area contributed by atoms with Crippen molar-refractivity contribution < 1.29 is 22.3 Å². The summed E-state index contributed by atoms with van der Waals surface area (Å²) in [7, 11) is 1.61. The number of hydrogen-bond donors (Lipinski definition) is 1. The average molecular weight is 237 g/mol. The lowest BCUT2D eigenvalue weighted by molar-refractivity contribution is -0.253. The van der Waals surface area contributed by atoms with Crippen LogP contribution in [0.15, 0.2) is 24.3 Å². The van der Waals surface area contributed by atoms with Gasteiger partial charge >= 0.3 is 12.5 Å². The number of alkyl halides is 4. The zero-order valence-electron chi connectivity index (χ0n) is 8.51. The summed E-state index contributed by atoms with van der Waals surface area (Å²) >= 11 is 0. The highest BCUT2D eigenvalue weighted by molar-refractivity contribution is 5.33. The maximum absolute atomic E-state index is 12.7. The van der Waals surface area contributed by atoms with Crippen LogP contribution in [0.4, 0.5) is 17.6 Å². The predicted molar refractivity (Wildman–Crippen MR) is 50.8 cm³/mol. The molecule has 0 atom stereocenters. The van der Waals surface area contributed by atoms with Gasteiger partial charge in [0.25, 0.3) is 0 Å². The smallest absolute Gasteiger partial charge is 0.428 e. The summed E-state index contributed by atoms with van der Waals surface area (Å²) < 4.78 is 53.2. The Labute approximate surface area is 90.2 Å². The molecule has 1 rings (SSSR count). The molecule has 0 aliphatic heterocycles. The predicted octanol–water partition coefficient (Wildman–Crippen LogP) is 2.64. The van der Waals surface area contributed by atoms with E-state index in [9.17, 15) is 17.6 Å². The quantitative estimate of drug-likeness (QED) is 0.795. The fraction of sp³-hybridized carbons (Fsp3) is 0.400. The highest BCUT2D eigenvalue weighted by Gasteiger charge is 2.44. The Morgan fingerprint density at radius 1 is 1.31 bits per heavy atom. The van der Waals surface area contributed by atoms with Gasteiger partial charge in [-0.25, -0.2) is 0 Å². The first-order valence-electron chi connectivity index (χ1n) is 4.55. The van der Waals surface area contributed by atoms with Gasteiger partial charge < -0.3 is 10.1 Å². The molecule has 0 aromatic heterocycles. The zero-order chi connectivity index (χ0) is 12.2. The highest BCUT2D eigenvalue weighted by Crippen LogP contribution is 2.29. The van der Waals surface area contributed by atoms with Crippen LogP contribution in [0.5, 0.6) is 5.75 Å². The van der Waals surface area contributed by atoms with E-state index >= 15 is 0 Å². The number of benzene rings is 1. The maximum atomic E-state index is 12.7. The molecule has 0 aliphatic rings. The molecule has 0 fully saturated rings. The third kappa shape index (κ3) is 3.10. The normalized spacial score (nSPS) is 11.9. The van der Waals surface area contributed by atoms with Crippen molar-refractivity contribution in [2.45, 2.75) is 19.1 Å². The second kappa shape index (κ2) is 5.16. The van der Waals surface area contributed by atoms with Gasteiger partial charge in [0.2, 0.25) is 0 Å². The molecule has 2 nitrogen and oxygen atoms in total. The summed E-state index contributed by atoms with van der Waals surface area (Å²) in [5.41, 5.74) is 0.394. The summed E-state index contributed by atoms with van der Waals surface area (Å²) in [5.74, 6) is -0.248. The van der Waals surface area contributed by atoms with Crippen LogP contribution in [-0.2, 0) is 6.54 Å². The van der Waals surface area contributed by atoms with Gasteiger partial charge in [-0.3, -0.25) is 0 Å². The van der Waals surface area contributed by atoms with Gasteiger partial charge in [0.05, 0.1) is 0 Å². The van der Waals surface area contributed by atoms with Gasteiger partial charge in [0.1, 0.15) is 5.75 Å². The number of ether oxygens (including phenoxy) is 1. The minimum Gasteiger partial charge on any atom is -0.428 e. The molecule has 6 heteroatoms. The number of rotatable bonds is 5. The second-order valence-electron chi connectivity index (χ2n) is 3.10. The standard InChI is InChI=1S/C10H11F4NO/c1-15-6-7-4-2-3-5-8(7)16-10(13,14)9(11)12/h2-5,9,15H,6H2,1H3. The lowest BCUT2D eigenvalue weighted by atomic mass is 10.2. The van der Waals surface area contributed by atoms with E-state index in [0.717, 1.165) is 0 Å². The third-order valence-corrected chi connectivity index (χ3v) is 1.84. The number of para-hydroxylation sites is 1. The maximum Gasteiger partial charge on any atom is 0.461 e. The summed E-state index contributed by atoms with van der Waals surface area (Å²) in [5, 5.41) is 2.73. The van der Waals surface area contributed by atoms with Gasteiger partial charge in [-0.1, -0.05) is 18.2 Å². The molecular weight excluding hydrogens is 226 g/mol. The van der Waals surface area contributed by atoms with E-state index < -0.39 is 12.5 Å². The van der Waals surface area contributed by atoms with Gasteiger partial charge in [0, 0.05) is 12.1 Å². The first kappa shape index (κ1) is 12.8. The Morgan fingerprint density at radius 2 is 1.94 bits per heavy atom. The first-order valence-corrected chi connectivity index (χ1v) is 4.55. The lowest BCUT2D eigenvalue weighted by Crippen LogP contribution is -2.33. The summed E-state index contributed by atoms with van der Waals surface area (Å²) in [6, 6.07) is 5.80. The molecule has 16 heavy (non-hydrogen) atoms. The summed E-state index contributed by atoms with van der Waals surface area (Å²) in [6.07, 6.45) is -8.32. The van der Waals surface area contributed by atoms with E-state index in [1.54, 1.807) is 13.1 Å². The number of nitrogens with one attached hydrogen (secondary N) is 1. The molecule has 90 valence electrons. The largest absolute Gasteiger partial charge is 0.461 e. The highest BCUT2D eigenvalue weighted by atomic mass is 19.3. The van der Waals surface area contributed by atoms with Crippen molar-refractivity contribution in [1.29, 1.82) is 0 Å². The van der Waals surface area contributed by atoms with Crippen LogP contribution in [0.3, 0.4) is 0 Å². The minimum atomic E-state index is -4.47. The Balaban J connectivity index is 2.88. The van der Waals surface area contributed by atoms with Crippen LogP contribution in [0.25, 0.3) is 0 Å². The topological polar surface area (TPSA) is 21.3 Å². The van der Waals surface area contributed by atoms with Crippen molar-refractivity contribution in [2.75, 3.05) is 7.05 Å². The molecule has 1 aromatic carbocycles. The van der Waals surface area contributed by atoms with Gasteiger partial charge in [-0.15, -0.1) is 0 Å². The number of hydrogen-bond acceptors (Lipinski definition) is 2. The fourth-order valence-electron chi connectivity index (χ4n) is 1.13. The molecule has 0 aliphatic carbocycles. The van der Waals surface area contributed by atoms with Crippen LogP contribution >= 0.6 is 0 Å². The van der Waals surface area contributed by atoms with Crippen LogP contribution in [-0.4, -0.2) is 19.6 Å². The monoisotopic (exact) mass is 237 g/mol. The average Bonchev–Trinajstić information content (AvgIpc) is 2.20. The minimum absolute atomic E-state index is 0.248. The van der Waals surface area contributed by atoms with Gasteiger partial charge in [-0.05, 0) is 13.1 Å². The number of halogens is 4. The van der Waals surface area contributed by atoms with Crippen LogP contribution in [0, 0.1) is 0 Å². The Morgan fingerprint density at radius 3 is 2.50 bits per heavy atom. The molecule has 0 saturated heterocycles. The van der Waals surface area contributed by atoms with E-state index in [1.165, 1.54) is 18.2 Å². The molecule has 0 saturated carbocycles. The molecule has 1 aromatic rings. The Kier molecular flexibility index (Phi) is 4.12. The molecule has 1 N–H and O–H groups in total. The molecule has 0 unspecified atom stereocenters. The van der Waals surface area contributed by atoms with E-state index in [2.05, 4.69) is 10.1 Å². The van der Waals surface area contributed by atoms with Crippen molar-refractivity contribution in [3.8, 4) is 5.75 Å². The molecule has 0 bridgehead atoms. The first-order chi connectivity index (χ1) is 7.47. The van der Waals surface area contributed by atoms with Crippen molar-refractivity contribution in [3.63, 3.8) is 0 Å². The van der Waals surface area contributed by atoms with Crippen molar-refractivity contribution in [1.82, 2.24) is 5.32 Å². The SMILES string of the molecule is CNCc1ccccc1OC(F)(F)C(F)F. The molecule has 0 heterocycles. The summed E-state index contributed by atoms with van der Waals surface area (Å²) in [6.45, 7) is 0.259. The van der Waals surface area contributed by atoms with Crippen molar-refractivity contribution in [2.24, 2.45) is 0 Å². The Hall–Kier alpha value is -1.30. The van der Waals surface area contributed by atoms with Crippen molar-refractivity contribution in [3.05, 3.63) is 29.8 Å². The molecule has 0 spiro atoms.